The van der Waals surface area contributed by atoms with Crippen LogP contribution >= 0.6 is 0 Å². The standard InChI is InChI=1S/C20H23NO4/c1-20(2,15-9-11-16(25-3)12-10-15)19(24)21-17(18(22)23)13-14-7-5-4-6-8-14/h4-12,17H,13H2,1-3H3,(H,21,24)(H,22,23). The summed E-state index contributed by atoms with van der Waals surface area (Å²) in [6.45, 7) is 3.54. The van der Waals surface area contributed by atoms with Gasteiger partial charge in [0, 0.05) is 6.42 Å². The highest BCUT2D eigenvalue weighted by Gasteiger charge is 2.33. The van der Waals surface area contributed by atoms with Crippen molar-refractivity contribution < 1.29 is 19.4 Å². The molecule has 2 aromatic rings. The second kappa shape index (κ2) is 7.83. The van der Waals surface area contributed by atoms with Crippen molar-refractivity contribution in [1.29, 1.82) is 0 Å². The van der Waals surface area contributed by atoms with Gasteiger partial charge in [0.1, 0.15) is 11.8 Å². The molecule has 1 amide bonds. The van der Waals surface area contributed by atoms with Crippen molar-refractivity contribution in [3.63, 3.8) is 0 Å². The predicted octanol–water partition coefficient (Wildman–Crippen LogP) is 2.78. The highest BCUT2D eigenvalue weighted by molar-refractivity contribution is 5.91. The normalized spacial score (nSPS) is 12.3. The van der Waals surface area contributed by atoms with Gasteiger partial charge >= 0.3 is 5.97 Å². The third-order valence-corrected chi connectivity index (χ3v) is 4.27. The molecule has 1 atom stereocenters. The molecule has 5 nitrogen and oxygen atoms in total. The molecule has 25 heavy (non-hydrogen) atoms. The van der Waals surface area contributed by atoms with Crippen molar-refractivity contribution in [2.24, 2.45) is 0 Å². The fourth-order valence-corrected chi connectivity index (χ4v) is 2.53. The van der Waals surface area contributed by atoms with E-state index in [1.165, 1.54) is 0 Å². The van der Waals surface area contributed by atoms with E-state index < -0.39 is 17.4 Å². The fraction of sp³-hybridized carbons (Fsp3) is 0.300. The van der Waals surface area contributed by atoms with Gasteiger partial charge in [-0.25, -0.2) is 4.79 Å². The third-order valence-electron chi connectivity index (χ3n) is 4.27. The quantitative estimate of drug-likeness (QED) is 0.812. The summed E-state index contributed by atoms with van der Waals surface area (Å²) in [5, 5.41) is 12.1. The number of carbonyl (C=O) groups is 2. The molecule has 0 heterocycles. The van der Waals surface area contributed by atoms with Crippen LogP contribution in [0.15, 0.2) is 54.6 Å². The molecule has 5 heteroatoms. The summed E-state index contributed by atoms with van der Waals surface area (Å²) in [5.41, 5.74) is 0.781. The van der Waals surface area contributed by atoms with Crippen molar-refractivity contribution in [3.8, 4) is 5.75 Å². The van der Waals surface area contributed by atoms with Crippen LogP contribution in [-0.4, -0.2) is 30.1 Å². The van der Waals surface area contributed by atoms with E-state index in [1.54, 1.807) is 33.1 Å². The lowest BCUT2D eigenvalue weighted by Gasteiger charge is -2.26. The summed E-state index contributed by atoms with van der Waals surface area (Å²) in [7, 11) is 1.58. The number of ether oxygens (including phenoxy) is 1. The molecule has 1 unspecified atom stereocenters. The topological polar surface area (TPSA) is 75.6 Å². The minimum absolute atomic E-state index is 0.237. The zero-order valence-electron chi connectivity index (χ0n) is 14.7. The molecule has 0 saturated carbocycles. The summed E-state index contributed by atoms with van der Waals surface area (Å²) >= 11 is 0. The van der Waals surface area contributed by atoms with Crippen LogP contribution in [0.4, 0.5) is 0 Å². The summed E-state index contributed by atoms with van der Waals surface area (Å²) in [5.74, 6) is -0.684. The second-order valence-electron chi connectivity index (χ2n) is 6.41. The Balaban J connectivity index is 2.14. The van der Waals surface area contributed by atoms with Crippen LogP contribution in [0, 0.1) is 0 Å². The lowest BCUT2D eigenvalue weighted by Crippen LogP contribution is -2.49. The van der Waals surface area contributed by atoms with E-state index in [9.17, 15) is 14.7 Å². The Morgan fingerprint density at radius 1 is 1.08 bits per heavy atom. The zero-order valence-corrected chi connectivity index (χ0v) is 14.7. The molecule has 0 spiro atoms. The summed E-state index contributed by atoms with van der Waals surface area (Å²) in [6.07, 6.45) is 0.237. The van der Waals surface area contributed by atoms with E-state index in [4.69, 9.17) is 4.74 Å². The van der Waals surface area contributed by atoms with Gasteiger partial charge in [0.15, 0.2) is 0 Å². The first-order chi connectivity index (χ1) is 11.8. The number of rotatable bonds is 7. The zero-order chi connectivity index (χ0) is 18.4. The van der Waals surface area contributed by atoms with E-state index in [1.807, 2.05) is 42.5 Å². The molecular formula is C20H23NO4. The highest BCUT2D eigenvalue weighted by atomic mass is 16.5. The Bertz CT molecular complexity index is 723. The van der Waals surface area contributed by atoms with E-state index in [-0.39, 0.29) is 12.3 Å². The van der Waals surface area contributed by atoms with Crippen LogP contribution < -0.4 is 10.1 Å². The Labute approximate surface area is 147 Å². The Kier molecular flexibility index (Phi) is 5.80. The first-order valence-corrected chi connectivity index (χ1v) is 8.07. The second-order valence-corrected chi connectivity index (χ2v) is 6.41. The fourth-order valence-electron chi connectivity index (χ4n) is 2.53. The average Bonchev–Trinajstić information content (AvgIpc) is 2.61. The maximum atomic E-state index is 12.7. The van der Waals surface area contributed by atoms with Crippen LogP contribution in [0.3, 0.4) is 0 Å². The smallest absolute Gasteiger partial charge is 0.326 e. The molecule has 0 bridgehead atoms. The van der Waals surface area contributed by atoms with Gasteiger partial charge in [-0.2, -0.15) is 0 Å². The van der Waals surface area contributed by atoms with Gasteiger partial charge in [-0.1, -0.05) is 42.5 Å². The number of benzene rings is 2. The summed E-state index contributed by atoms with van der Waals surface area (Å²) < 4.78 is 5.13. The number of carboxylic acids is 1. The monoisotopic (exact) mass is 341 g/mol. The highest BCUT2D eigenvalue weighted by Crippen LogP contribution is 2.25. The van der Waals surface area contributed by atoms with Crippen molar-refractivity contribution in [3.05, 3.63) is 65.7 Å². The lowest BCUT2D eigenvalue weighted by atomic mass is 9.83. The first kappa shape index (κ1) is 18.5. The molecule has 2 N–H and O–H groups in total. The number of nitrogens with one attached hydrogen (secondary N) is 1. The molecular weight excluding hydrogens is 318 g/mol. The van der Waals surface area contributed by atoms with Gasteiger partial charge in [-0.3, -0.25) is 4.79 Å². The molecule has 0 aliphatic rings. The molecule has 0 aromatic heterocycles. The number of aliphatic carboxylic acids is 1. The van der Waals surface area contributed by atoms with E-state index in [0.717, 1.165) is 11.1 Å². The first-order valence-electron chi connectivity index (χ1n) is 8.07. The molecule has 0 saturated heterocycles. The molecule has 0 fully saturated rings. The van der Waals surface area contributed by atoms with Crippen LogP contribution in [-0.2, 0) is 21.4 Å². The van der Waals surface area contributed by atoms with Crippen molar-refractivity contribution in [2.75, 3.05) is 7.11 Å². The molecule has 2 aromatic carbocycles. The largest absolute Gasteiger partial charge is 0.497 e. The van der Waals surface area contributed by atoms with Gasteiger partial charge in [0.2, 0.25) is 5.91 Å². The van der Waals surface area contributed by atoms with E-state index in [2.05, 4.69) is 5.32 Å². The van der Waals surface area contributed by atoms with Crippen LogP contribution in [0.5, 0.6) is 5.75 Å². The Morgan fingerprint density at radius 3 is 2.20 bits per heavy atom. The summed E-state index contributed by atoms with van der Waals surface area (Å²) in [4.78, 5) is 24.3. The van der Waals surface area contributed by atoms with Crippen molar-refractivity contribution in [2.45, 2.75) is 31.7 Å². The number of amides is 1. The minimum atomic E-state index is -1.05. The van der Waals surface area contributed by atoms with Gasteiger partial charge < -0.3 is 15.2 Å². The van der Waals surface area contributed by atoms with Gasteiger partial charge in [0.25, 0.3) is 0 Å². The Hall–Kier alpha value is -2.82. The number of hydrogen-bond acceptors (Lipinski definition) is 3. The van der Waals surface area contributed by atoms with E-state index >= 15 is 0 Å². The van der Waals surface area contributed by atoms with Crippen molar-refractivity contribution in [1.82, 2.24) is 5.32 Å². The molecule has 0 aliphatic carbocycles. The average molecular weight is 341 g/mol. The number of hydrogen-bond donors (Lipinski definition) is 2. The Morgan fingerprint density at radius 2 is 1.68 bits per heavy atom. The number of methoxy groups -OCH3 is 1. The van der Waals surface area contributed by atoms with Gasteiger partial charge in [0.05, 0.1) is 12.5 Å². The lowest BCUT2D eigenvalue weighted by molar-refractivity contribution is -0.142. The van der Waals surface area contributed by atoms with Gasteiger partial charge in [-0.05, 0) is 37.1 Å². The SMILES string of the molecule is COc1ccc(C(C)(C)C(=O)NC(Cc2ccccc2)C(=O)O)cc1. The molecule has 2 rings (SSSR count). The summed E-state index contributed by atoms with van der Waals surface area (Å²) in [6, 6.07) is 15.4. The molecule has 0 radical (unpaired) electrons. The maximum Gasteiger partial charge on any atom is 0.326 e. The van der Waals surface area contributed by atoms with Crippen LogP contribution in [0.25, 0.3) is 0 Å². The molecule has 132 valence electrons. The minimum Gasteiger partial charge on any atom is -0.497 e. The van der Waals surface area contributed by atoms with E-state index in [0.29, 0.717) is 5.75 Å². The number of carboxylic acid groups (broad SMARTS) is 1. The third kappa shape index (κ3) is 4.59. The van der Waals surface area contributed by atoms with Crippen molar-refractivity contribution >= 4 is 11.9 Å². The predicted molar refractivity (Wildman–Crippen MR) is 95.7 cm³/mol. The van der Waals surface area contributed by atoms with Crippen LogP contribution in [0.2, 0.25) is 0 Å². The molecule has 0 aliphatic heterocycles. The maximum absolute atomic E-state index is 12.7. The van der Waals surface area contributed by atoms with Crippen LogP contribution in [0.1, 0.15) is 25.0 Å². The van der Waals surface area contributed by atoms with Gasteiger partial charge in [-0.15, -0.1) is 0 Å². The number of carbonyl (C=O) groups excluding carboxylic acids is 1.